The molecule has 0 fully saturated rings. The maximum atomic E-state index is 6.62. The lowest BCUT2D eigenvalue weighted by atomic mass is 9.85. The van der Waals surface area contributed by atoms with Crippen molar-refractivity contribution in [3.05, 3.63) is 294 Å². The van der Waals surface area contributed by atoms with Gasteiger partial charge in [0.25, 0.3) is 0 Å². The zero-order chi connectivity index (χ0) is 83.0. The monoisotopic (exact) mass is 1640 g/mol. The number of nitrogens with two attached hydrogens (primary N) is 1. The van der Waals surface area contributed by atoms with Crippen molar-refractivity contribution in [2.75, 3.05) is 20.4 Å². The van der Waals surface area contributed by atoms with Gasteiger partial charge in [0.05, 0.1) is 5.69 Å². The number of rotatable bonds is 9. The number of nitrogen functional groups attached to an aromatic ring is 1. The Morgan fingerprint density at radius 2 is 0.482 bits per heavy atom. The molecule has 0 amide bonds. The predicted octanol–water partition coefficient (Wildman–Crippen LogP) is 34.8. The summed E-state index contributed by atoms with van der Waals surface area (Å²) >= 11 is 13.8. The molecule has 12 rings (SSSR count). The maximum Gasteiger partial charge on any atom is 0.0647 e. The number of halogens is 2. The standard InChI is InChI=1S/C52H64N2S.C30H38ClN.C12H13BrS.C10H15N.2CH4/c1-48(2,3)35-16-23-40(24-17-35)53(41-25-18-36(19-26-41)49(4,5)6)43-30-39(52(13,14)15)31-44(33-43)54(42-27-20-37(21-28-42)50(7,8)9)46-34-55-47-29-22-38(32-45(46)47)51(10,11)12;1-28(2,3)21-10-14-25(15-11-21)32(26-16-12-22(13-17-26)29(4,5)6)27-19-23(30(7,8)9)18-24(31)20-27;1-12(2,3)8-4-5-11-9(6-8)10(13)7-14-11;1-10(2,3)8-4-6-9(11)7-5-8;;/h16-34H,1-15H3;10-20H,1-9H3;4-7H,1-3H3;4-7H,11H2,1-3H3;2*1H4. The van der Waals surface area contributed by atoms with Crippen LogP contribution in [-0.4, -0.2) is 0 Å². The molecule has 0 saturated carbocycles. The van der Waals surface area contributed by atoms with Crippen LogP contribution in [0.1, 0.15) is 278 Å². The first kappa shape index (κ1) is 93.3. The zero-order valence-electron chi connectivity index (χ0n) is 73.4. The molecular formula is C106H138BrClN4S2. The highest BCUT2D eigenvalue weighted by atomic mass is 79.9. The summed E-state index contributed by atoms with van der Waals surface area (Å²) < 4.78 is 3.86. The predicted molar refractivity (Wildman–Crippen MR) is 518 cm³/mol. The van der Waals surface area contributed by atoms with Gasteiger partial charge < -0.3 is 20.4 Å². The molecule has 0 radical (unpaired) electrons. The maximum absolute atomic E-state index is 6.62. The summed E-state index contributed by atoms with van der Waals surface area (Å²) in [5.74, 6) is 0. The van der Waals surface area contributed by atoms with E-state index in [2.05, 4.69) is 455 Å². The molecule has 0 bridgehead atoms. The fourth-order valence-corrected chi connectivity index (χ4v) is 16.1. The highest BCUT2D eigenvalue weighted by Gasteiger charge is 2.29. The molecule has 0 aliphatic heterocycles. The quantitative estimate of drug-likeness (QED) is 0.146. The second kappa shape index (κ2) is 35.5. The fourth-order valence-electron chi connectivity index (χ4n) is 13.4. The fraction of sp³-hybridized carbons (Fsp3) is 0.396. The summed E-state index contributed by atoms with van der Waals surface area (Å²) in [6.07, 6.45) is 0. The number of nitrogens with zero attached hydrogens (tertiary/aromatic N) is 3. The molecule has 0 unspecified atom stereocenters. The van der Waals surface area contributed by atoms with E-state index in [1.165, 1.54) is 86.0 Å². The van der Waals surface area contributed by atoms with Crippen LogP contribution in [-0.2, 0) is 54.1 Å². The van der Waals surface area contributed by atoms with Crippen LogP contribution < -0.4 is 20.4 Å². The Morgan fingerprint density at radius 3 is 0.789 bits per heavy atom. The van der Waals surface area contributed by atoms with Crippen LogP contribution in [0, 0.1) is 0 Å². The van der Waals surface area contributed by atoms with E-state index < -0.39 is 0 Å². The SMILES string of the molecule is C.C.CC(C)(C)c1ccc(N(c2ccc(C(C)(C)C)cc2)c2cc(Cl)cc(C(C)(C)C)c2)cc1.CC(C)(C)c1ccc(N(c2ccc(C(C)(C)C)cc2)c2cc(N(c3ccc(C(C)(C)C)cc3)c3csc4ccc(C(C)(C)C)cc34)cc(C(C)(C)C)c2)cc1.CC(C)(C)c1ccc(N)cc1.CC(C)(C)c1ccc2scc(Br)c2c1. The number of benzene rings is 10. The van der Waals surface area contributed by atoms with Gasteiger partial charge in [-0.25, -0.2) is 0 Å². The lowest BCUT2D eigenvalue weighted by Gasteiger charge is -2.33. The molecule has 10 aromatic carbocycles. The summed E-state index contributed by atoms with van der Waals surface area (Å²) in [6, 6.07) is 80.9. The molecule has 0 spiro atoms. The van der Waals surface area contributed by atoms with Crippen molar-refractivity contribution in [2.45, 2.75) is 277 Å². The second-order valence-electron chi connectivity index (χ2n) is 40.9. The van der Waals surface area contributed by atoms with E-state index in [4.69, 9.17) is 17.3 Å². The van der Waals surface area contributed by atoms with E-state index >= 15 is 0 Å². The van der Waals surface area contributed by atoms with Crippen LogP contribution in [0.2, 0.25) is 5.02 Å². The Labute approximate surface area is 713 Å². The Morgan fingerprint density at radius 1 is 0.246 bits per heavy atom. The van der Waals surface area contributed by atoms with Crippen molar-refractivity contribution >= 4 is 127 Å². The lowest BCUT2D eigenvalue weighted by molar-refractivity contribution is 0.589. The Kier molecular flexibility index (Phi) is 29.0. The van der Waals surface area contributed by atoms with Gasteiger partial charge >= 0.3 is 0 Å². The van der Waals surface area contributed by atoms with E-state index in [1.54, 1.807) is 11.3 Å². The third kappa shape index (κ3) is 23.7. The van der Waals surface area contributed by atoms with E-state index in [0.717, 1.165) is 56.2 Å². The Balaban J connectivity index is 0.000000253. The van der Waals surface area contributed by atoms with E-state index in [0.29, 0.717) is 0 Å². The molecule has 4 nitrogen and oxygen atoms in total. The number of fused-ring (bicyclic) bond motifs is 2. The number of anilines is 10. The summed E-state index contributed by atoms with van der Waals surface area (Å²) in [7, 11) is 0. The van der Waals surface area contributed by atoms with Crippen molar-refractivity contribution in [1.82, 2.24) is 0 Å². The molecule has 0 saturated heterocycles. The molecule has 608 valence electrons. The van der Waals surface area contributed by atoms with Gasteiger partial charge in [-0.3, -0.25) is 0 Å². The van der Waals surface area contributed by atoms with Gasteiger partial charge in [0.2, 0.25) is 0 Å². The van der Waals surface area contributed by atoms with Crippen molar-refractivity contribution < 1.29 is 0 Å². The molecule has 12 aromatic rings. The topological polar surface area (TPSA) is 35.7 Å². The van der Waals surface area contributed by atoms with Crippen LogP contribution in [0.3, 0.4) is 0 Å². The Bertz CT molecular complexity index is 5010. The number of hydrogen-bond donors (Lipinski definition) is 1. The van der Waals surface area contributed by atoms with E-state index in [9.17, 15) is 0 Å². The highest BCUT2D eigenvalue weighted by molar-refractivity contribution is 9.10. The van der Waals surface area contributed by atoms with Crippen LogP contribution in [0.5, 0.6) is 0 Å². The van der Waals surface area contributed by atoms with Crippen molar-refractivity contribution in [1.29, 1.82) is 0 Å². The first-order valence-electron chi connectivity index (χ1n) is 40.0. The van der Waals surface area contributed by atoms with Gasteiger partial charge in [0.1, 0.15) is 0 Å². The first-order chi connectivity index (χ1) is 51.5. The number of thiophene rings is 2. The first-order valence-corrected chi connectivity index (χ1v) is 42.9. The molecule has 0 aliphatic rings. The van der Waals surface area contributed by atoms with E-state index in [1.807, 2.05) is 23.5 Å². The van der Waals surface area contributed by atoms with Gasteiger partial charge in [-0.2, -0.15) is 0 Å². The summed E-state index contributed by atoms with van der Waals surface area (Å²) in [5.41, 5.74) is 30.7. The minimum Gasteiger partial charge on any atom is -0.399 e. The Hall–Kier alpha value is -7.91. The summed E-state index contributed by atoms with van der Waals surface area (Å²) in [6.45, 7) is 67.9. The molecule has 0 atom stereocenters. The zero-order valence-corrected chi connectivity index (χ0v) is 77.4. The molecule has 2 aromatic heterocycles. The smallest absolute Gasteiger partial charge is 0.0647 e. The third-order valence-electron chi connectivity index (χ3n) is 21.1. The molecule has 0 aliphatic carbocycles. The minimum absolute atomic E-state index is 0. The van der Waals surface area contributed by atoms with Crippen molar-refractivity contribution in [3.8, 4) is 0 Å². The normalized spacial score (nSPS) is 12.5. The average Bonchev–Trinajstić information content (AvgIpc) is 1.48. The van der Waals surface area contributed by atoms with Crippen LogP contribution in [0.15, 0.2) is 234 Å². The van der Waals surface area contributed by atoms with Crippen LogP contribution in [0.25, 0.3) is 20.2 Å². The lowest BCUT2D eigenvalue weighted by Crippen LogP contribution is -2.18. The summed E-state index contributed by atoms with van der Waals surface area (Å²) in [4.78, 5) is 7.25. The van der Waals surface area contributed by atoms with Gasteiger partial charge in [0, 0.05) is 91.6 Å². The molecule has 2 N–H and O–H groups in total. The van der Waals surface area contributed by atoms with Gasteiger partial charge in [-0.05, 0) is 259 Å². The third-order valence-corrected chi connectivity index (χ3v) is 24.2. The molecule has 8 heteroatoms. The summed E-state index contributed by atoms with van der Waals surface area (Å²) in [5, 5.41) is 7.88. The van der Waals surface area contributed by atoms with Crippen molar-refractivity contribution in [3.63, 3.8) is 0 Å². The minimum atomic E-state index is -0.0967. The second-order valence-corrected chi connectivity index (χ2v) is 44.0. The molecule has 114 heavy (non-hydrogen) atoms. The molecule has 2 heterocycles. The highest BCUT2D eigenvalue weighted by Crippen LogP contribution is 2.49. The van der Waals surface area contributed by atoms with Crippen molar-refractivity contribution in [2.24, 2.45) is 0 Å². The largest absolute Gasteiger partial charge is 0.399 e. The average molecular weight is 1650 g/mol. The van der Waals surface area contributed by atoms with Crippen LogP contribution in [0.4, 0.5) is 56.9 Å². The van der Waals surface area contributed by atoms with E-state index in [-0.39, 0.29) is 69.0 Å². The van der Waals surface area contributed by atoms with Crippen LogP contribution >= 0.6 is 50.2 Å². The van der Waals surface area contributed by atoms with Gasteiger partial charge in [-0.1, -0.05) is 319 Å². The molecular weight excluding hydrogens is 1510 g/mol. The van der Waals surface area contributed by atoms with Gasteiger partial charge in [0.15, 0.2) is 0 Å². The van der Waals surface area contributed by atoms with Gasteiger partial charge in [-0.15, -0.1) is 22.7 Å². The number of hydrogen-bond acceptors (Lipinski definition) is 6.